The summed E-state index contributed by atoms with van der Waals surface area (Å²) in [7, 11) is 0. The fourth-order valence-electron chi connectivity index (χ4n) is 1.54. The van der Waals surface area contributed by atoms with E-state index < -0.39 is 0 Å². The van der Waals surface area contributed by atoms with Crippen molar-refractivity contribution >= 4 is 5.97 Å². The molecule has 0 aromatic rings. The van der Waals surface area contributed by atoms with Crippen molar-refractivity contribution in [1.29, 1.82) is 0 Å². The molecule has 1 unspecified atom stereocenters. The molecular formula is C13H26O3. The van der Waals surface area contributed by atoms with E-state index in [1.165, 1.54) is 12.8 Å². The number of aliphatic hydroxyl groups excluding tert-OH is 1. The normalized spacial score (nSPS) is 12.4. The van der Waals surface area contributed by atoms with Crippen LogP contribution in [0.2, 0.25) is 0 Å². The first kappa shape index (κ1) is 15.4. The number of carbonyl (C=O) groups is 1. The zero-order valence-corrected chi connectivity index (χ0v) is 10.7. The first-order valence-electron chi connectivity index (χ1n) is 6.53. The van der Waals surface area contributed by atoms with Crippen LogP contribution < -0.4 is 0 Å². The molecule has 0 fully saturated rings. The Hall–Kier alpha value is -0.570. The molecule has 0 aliphatic rings. The minimum Gasteiger partial charge on any atom is -0.465 e. The molecule has 1 N–H and O–H groups in total. The lowest BCUT2D eigenvalue weighted by Crippen LogP contribution is -2.21. The summed E-state index contributed by atoms with van der Waals surface area (Å²) in [4.78, 5) is 11.5. The summed E-state index contributed by atoms with van der Waals surface area (Å²) in [5, 5.41) is 9.11. The summed E-state index contributed by atoms with van der Waals surface area (Å²) in [5.74, 6) is -0.541. The summed E-state index contributed by atoms with van der Waals surface area (Å²) in [6.07, 6.45) is 7.19. The molecule has 16 heavy (non-hydrogen) atoms. The largest absolute Gasteiger partial charge is 0.465 e. The molecule has 0 bridgehead atoms. The van der Waals surface area contributed by atoms with E-state index in [0.717, 1.165) is 32.1 Å². The van der Waals surface area contributed by atoms with Crippen LogP contribution in [0.25, 0.3) is 0 Å². The molecule has 0 amide bonds. The number of ether oxygens (including phenoxy) is 1. The summed E-state index contributed by atoms with van der Waals surface area (Å²) in [6, 6.07) is 0. The molecule has 0 saturated carbocycles. The van der Waals surface area contributed by atoms with Crippen LogP contribution in [0, 0.1) is 5.92 Å². The van der Waals surface area contributed by atoms with Gasteiger partial charge in [0.1, 0.15) is 0 Å². The zero-order valence-electron chi connectivity index (χ0n) is 10.7. The van der Waals surface area contributed by atoms with Crippen LogP contribution in [0.1, 0.15) is 58.8 Å². The highest BCUT2D eigenvalue weighted by Crippen LogP contribution is 2.12. The summed E-state index contributed by atoms with van der Waals surface area (Å²) in [5.41, 5.74) is 0. The topological polar surface area (TPSA) is 46.5 Å². The Morgan fingerprint density at radius 1 is 1.12 bits per heavy atom. The SMILES string of the molecule is CCCCCCC(CO)C(=O)OCCCC. The van der Waals surface area contributed by atoms with E-state index in [4.69, 9.17) is 9.84 Å². The maximum Gasteiger partial charge on any atom is 0.311 e. The van der Waals surface area contributed by atoms with Crippen LogP contribution in [0.5, 0.6) is 0 Å². The van der Waals surface area contributed by atoms with Crippen LogP contribution in [0.4, 0.5) is 0 Å². The predicted octanol–water partition coefficient (Wildman–Crippen LogP) is 2.91. The number of rotatable bonds is 10. The standard InChI is InChI=1S/C13H26O3/c1-3-5-7-8-9-12(11-14)13(15)16-10-6-4-2/h12,14H,3-11H2,1-2H3. The van der Waals surface area contributed by atoms with Crippen LogP contribution in [-0.2, 0) is 9.53 Å². The lowest BCUT2D eigenvalue weighted by Gasteiger charge is -2.13. The lowest BCUT2D eigenvalue weighted by atomic mass is 10.0. The minimum absolute atomic E-state index is 0.0862. The molecule has 0 rings (SSSR count). The molecule has 1 atom stereocenters. The number of unbranched alkanes of at least 4 members (excludes halogenated alkanes) is 4. The molecule has 3 nitrogen and oxygen atoms in total. The highest BCUT2D eigenvalue weighted by Gasteiger charge is 2.18. The molecule has 0 aliphatic heterocycles. The number of hydrogen-bond donors (Lipinski definition) is 1. The number of carbonyl (C=O) groups excluding carboxylic acids is 1. The van der Waals surface area contributed by atoms with Crippen LogP contribution in [-0.4, -0.2) is 24.3 Å². The molecule has 0 aromatic carbocycles. The summed E-state index contributed by atoms with van der Waals surface area (Å²) < 4.78 is 5.09. The van der Waals surface area contributed by atoms with Gasteiger partial charge in [0.15, 0.2) is 0 Å². The molecule has 3 heteroatoms. The van der Waals surface area contributed by atoms with E-state index in [-0.39, 0.29) is 18.5 Å². The molecule has 0 spiro atoms. The molecule has 0 heterocycles. The Morgan fingerprint density at radius 2 is 1.81 bits per heavy atom. The van der Waals surface area contributed by atoms with Gasteiger partial charge in [0.25, 0.3) is 0 Å². The first-order chi connectivity index (χ1) is 7.76. The van der Waals surface area contributed by atoms with Gasteiger partial charge in [0.05, 0.1) is 19.1 Å². The van der Waals surface area contributed by atoms with Gasteiger partial charge in [-0.15, -0.1) is 0 Å². The van der Waals surface area contributed by atoms with Crippen molar-refractivity contribution < 1.29 is 14.6 Å². The third kappa shape index (κ3) is 7.69. The van der Waals surface area contributed by atoms with Crippen molar-refractivity contribution in [3.63, 3.8) is 0 Å². The smallest absolute Gasteiger partial charge is 0.311 e. The van der Waals surface area contributed by atoms with Gasteiger partial charge in [0, 0.05) is 0 Å². The molecular weight excluding hydrogens is 204 g/mol. The molecule has 96 valence electrons. The maximum atomic E-state index is 11.5. The Morgan fingerprint density at radius 3 is 2.38 bits per heavy atom. The molecule has 0 radical (unpaired) electrons. The second kappa shape index (κ2) is 10.9. The van der Waals surface area contributed by atoms with E-state index >= 15 is 0 Å². The van der Waals surface area contributed by atoms with Gasteiger partial charge in [-0.05, 0) is 12.8 Å². The second-order valence-corrected chi connectivity index (χ2v) is 4.25. The monoisotopic (exact) mass is 230 g/mol. The van der Waals surface area contributed by atoms with Crippen molar-refractivity contribution in [2.45, 2.75) is 58.8 Å². The van der Waals surface area contributed by atoms with Gasteiger partial charge >= 0.3 is 5.97 Å². The molecule has 0 saturated heterocycles. The highest BCUT2D eigenvalue weighted by atomic mass is 16.5. The fourth-order valence-corrected chi connectivity index (χ4v) is 1.54. The van der Waals surface area contributed by atoms with Crippen LogP contribution in [0.3, 0.4) is 0 Å². The average Bonchev–Trinajstić information content (AvgIpc) is 2.29. The van der Waals surface area contributed by atoms with E-state index in [1.54, 1.807) is 0 Å². The number of aliphatic hydroxyl groups is 1. The van der Waals surface area contributed by atoms with E-state index in [1.807, 2.05) is 0 Å². The van der Waals surface area contributed by atoms with E-state index in [0.29, 0.717) is 6.61 Å². The Bertz CT molecular complexity index is 169. The second-order valence-electron chi connectivity index (χ2n) is 4.25. The Kier molecular flexibility index (Phi) is 10.5. The Labute approximate surface area is 99.2 Å². The first-order valence-corrected chi connectivity index (χ1v) is 6.53. The van der Waals surface area contributed by atoms with Crippen molar-refractivity contribution in [3.8, 4) is 0 Å². The lowest BCUT2D eigenvalue weighted by molar-refractivity contribution is -0.150. The van der Waals surface area contributed by atoms with Gasteiger partial charge < -0.3 is 9.84 Å². The van der Waals surface area contributed by atoms with Crippen LogP contribution >= 0.6 is 0 Å². The van der Waals surface area contributed by atoms with Crippen molar-refractivity contribution in [1.82, 2.24) is 0 Å². The maximum absolute atomic E-state index is 11.5. The van der Waals surface area contributed by atoms with Gasteiger partial charge in [-0.3, -0.25) is 4.79 Å². The average molecular weight is 230 g/mol. The van der Waals surface area contributed by atoms with Gasteiger partial charge in [-0.1, -0.05) is 46.0 Å². The summed E-state index contributed by atoms with van der Waals surface area (Å²) in [6.45, 7) is 4.61. The van der Waals surface area contributed by atoms with Gasteiger partial charge in [-0.25, -0.2) is 0 Å². The predicted molar refractivity (Wildman–Crippen MR) is 65.2 cm³/mol. The number of hydrogen-bond acceptors (Lipinski definition) is 3. The van der Waals surface area contributed by atoms with Crippen molar-refractivity contribution in [2.24, 2.45) is 5.92 Å². The third-order valence-electron chi connectivity index (χ3n) is 2.70. The van der Waals surface area contributed by atoms with E-state index in [9.17, 15) is 4.79 Å². The number of esters is 1. The quantitative estimate of drug-likeness (QED) is 0.463. The van der Waals surface area contributed by atoms with Crippen LogP contribution in [0.15, 0.2) is 0 Å². The van der Waals surface area contributed by atoms with Crippen molar-refractivity contribution in [3.05, 3.63) is 0 Å². The minimum atomic E-state index is -0.311. The van der Waals surface area contributed by atoms with Gasteiger partial charge in [-0.2, -0.15) is 0 Å². The van der Waals surface area contributed by atoms with Gasteiger partial charge in [0.2, 0.25) is 0 Å². The zero-order chi connectivity index (χ0) is 12.2. The van der Waals surface area contributed by atoms with Crippen molar-refractivity contribution in [2.75, 3.05) is 13.2 Å². The summed E-state index contributed by atoms with van der Waals surface area (Å²) >= 11 is 0. The van der Waals surface area contributed by atoms with E-state index in [2.05, 4.69) is 13.8 Å². The molecule has 0 aliphatic carbocycles. The highest BCUT2D eigenvalue weighted by molar-refractivity contribution is 5.72. The Balaban J connectivity index is 3.65. The fraction of sp³-hybridized carbons (Fsp3) is 0.923. The molecule has 0 aromatic heterocycles. The third-order valence-corrected chi connectivity index (χ3v) is 2.70.